The van der Waals surface area contributed by atoms with E-state index in [0.29, 0.717) is 19.1 Å². The van der Waals surface area contributed by atoms with Crippen molar-refractivity contribution in [3.05, 3.63) is 83.4 Å². The number of ether oxygens (including phenoxy) is 1. The first kappa shape index (κ1) is 22.0. The molecular formula is C28H35NO2. The number of benzene rings is 3. The van der Waals surface area contributed by atoms with E-state index in [1.165, 1.54) is 40.3 Å². The van der Waals surface area contributed by atoms with Crippen LogP contribution in [-0.2, 0) is 11.2 Å². The number of nitrogens with one attached hydrogen (secondary N) is 1. The number of hydrogen-bond acceptors (Lipinski definition) is 3. The van der Waals surface area contributed by atoms with Gasteiger partial charge in [0.15, 0.2) is 0 Å². The van der Waals surface area contributed by atoms with E-state index in [-0.39, 0.29) is 11.6 Å². The van der Waals surface area contributed by atoms with Gasteiger partial charge >= 0.3 is 0 Å². The Morgan fingerprint density at radius 1 is 1.00 bits per heavy atom. The van der Waals surface area contributed by atoms with Crippen LogP contribution < -0.4 is 5.32 Å². The molecule has 4 rings (SSSR count). The summed E-state index contributed by atoms with van der Waals surface area (Å²) in [6.45, 7) is 7.40. The van der Waals surface area contributed by atoms with Crippen LogP contribution >= 0.6 is 0 Å². The van der Waals surface area contributed by atoms with Crippen LogP contribution in [0.15, 0.2) is 66.7 Å². The van der Waals surface area contributed by atoms with E-state index in [4.69, 9.17) is 4.74 Å². The maximum Gasteiger partial charge on any atom is 0.0898 e. The van der Waals surface area contributed by atoms with Gasteiger partial charge in [-0.1, -0.05) is 66.7 Å². The highest BCUT2D eigenvalue weighted by Gasteiger charge is 2.34. The van der Waals surface area contributed by atoms with Gasteiger partial charge in [-0.2, -0.15) is 0 Å². The smallest absolute Gasteiger partial charge is 0.0898 e. The molecule has 3 nitrogen and oxygen atoms in total. The first-order chi connectivity index (χ1) is 14.9. The summed E-state index contributed by atoms with van der Waals surface area (Å²) >= 11 is 0. The zero-order valence-electron chi connectivity index (χ0n) is 19.0. The summed E-state index contributed by atoms with van der Waals surface area (Å²) in [7, 11) is 0. The quantitative estimate of drug-likeness (QED) is 0.452. The van der Waals surface area contributed by atoms with Gasteiger partial charge in [-0.05, 0) is 73.4 Å². The zero-order valence-corrected chi connectivity index (χ0v) is 19.0. The molecule has 0 radical (unpaired) electrons. The molecule has 0 aliphatic heterocycles. The molecule has 0 aromatic heterocycles. The molecule has 3 heteroatoms. The second kappa shape index (κ2) is 9.52. The molecule has 1 aliphatic carbocycles. The van der Waals surface area contributed by atoms with Gasteiger partial charge in [-0.25, -0.2) is 0 Å². The van der Waals surface area contributed by atoms with E-state index >= 15 is 0 Å². The number of aliphatic hydroxyl groups is 1. The number of hydrogen-bond donors (Lipinski definition) is 2. The molecule has 3 aromatic carbocycles. The highest BCUT2D eigenvalue weighted by atomic mass is 16.5. The minimum Gasteiger partial charge on any atom is -0.389 e. The fourth-order valence-electron chi connectivity index (χ4n) is 4.37. The van der Waals surface area contributed by atoms with Crippen molar-refractivity contribution in [1.82, 2.24) is 5.32 Å². The van der Waals surface area contributed by atoms with E-state index in [1.807, 2.05) is 0 Å². The molecule has 0 amide bonds. The van der Waals surface area contributed by atoms with Crippen molar-refractivity contribution in [2.45, 2.75) is 57.8 Å². The predicted molar refractivity (Wildman–Crippen MR) is 128 cm³/mol. The highest BCUT2D eigenvalue weighted by molar-refractivity contribution is 5.83. The lowest BCUT2D eigenvalue weighted by Crippen LogP contribution is -2.46. The maximum absolute atomic E-state index is 10.6. The monoisotopic (exact) mass is 417 g/mol. The predicted octanol–water partition coefficient (Wildman–Crippen LogP) is 5.59. The molecule has 1 saturated carbocycles. The average molecular weight is 418 g/mol. The number of aliphatic hydroxyl groups excluding tert-OH is 1. The summed E-state index contributed by atoms with van der Waals surface area (Å²) in [5, 5.41) is 16.7. The van der Waals surface area contributed by atoms with Crippen LogP contribution in [0.1, 0.15) is 49.5 Å². The Labute approximate surface area is 186 Å². The van der Waals surface area contributed by atoms with Crippen molar-refractivity contribution >= 4 is 10.8 Å². The lowest BCUT2D eigenvalue weighted by atomic mass is 9.93. The standard InChI is InChI=1S/C28H35NO2/c1-20-8-4-7-11-26(20)27(23-14-15-23)31-19-25(30)18-29-28(2,3)17-21-12-13-22-9-5-6-10-24(22)16-21/h4-13,16,23,25,27,29-30H,14-15,17-19H2,1-3H3/t25-,27+/m1/s1. The molecule has 1 aliphatic rings. The molecule has 0 heterocycles. The Morgan fingerprint density at radius 3 is 2.45 bits per heavy atom. The van der Waals surface area contributed by atoms with E-state index < -0.39 is 6.10 Å². The van der Waals surface area contributed by atoms with Gasteiger partial charge in [-0.3, -0.25) is 0 Å². The van der Waals surface area contributed by atoms with E-state index in [0.717, 1.165) is 6.42 Å². The number of β-amino-alcohol motifs (C(OH)–C–C–N with tert-alkyl or cyclic N) is 1. The van der Waals surface area contributed by atoms with Gasteiger partial charge in [-0.15, -0.1) is 0 Å². The van der Waals surface area contributed by atoms with E-state index in [2.05, 4.69) is 92.8 Å². The summed E-state index contributed by atoms with van der Waals surface area (Å²) in [5.74, 6) is 0.589. The van der Waals surface area contributed by atoms with Crippen LogP contribution in [0.5, 0.6) is 0 Å². The maximum atomic E-state index is 10.6. The van der Waals surface area contributed by atoms with E-state index in [9.17, 15) is 5.11 Å². The minimum absolute atomic E-state index is 0.0986. The van der Waals surface area contributed by atoms with Crippen LogP contribution in [-0.4, -0.2) is 29.9 Å². The lowest BCUT2D eigenvalue weighted by Gasteiger charge is -2.29. The first-order valence-corrected chi connectivity index (χ1v) is 11.5. The molecular weight excluding hydrogens is 382 g/mol. The van der Waals surface area contributed by atoms with Gasteiger partial charge in [0.05, 0.1) is 18.8 Å². The van der Waals surface area contributed by atoms with Gasteiger partial charge in [0.2, 0.25) is 0 Å². The zero-order chi connectivity index (χ0) is 21.8. The van der Waals surface area contributed by atoms with Crippen molar-refractivity contribution < 1.29 is 9.84 Å². The fraction of sp³-hybridized carbons (Fsp3) is 0.429. The molecule has 2 N–H and O–H groups in total. The SMILES string of the molecule is Cc1ccccc1[C@@H](OC[C@H](O)CNC(C)(C)Cc1ccc2ccccc2c1)C1CC1. The second-order valence-electron chi connectivity index (χ2n) is 9.72. The van der Waals surface area contributed by atoms with Crippen molar-refractivity contribution in [3.63, 3.8) is 0 Å². The Bertz CT molecular complexity index is 1010. The summed E-state index contributed by atoms with van der Waals surface area (Å²) in [5.41, 5.74) is 3.72. The molecule has 0 unspecified atom stereocenters. The Balaban J connectivity index is 1.29. The van der Waals surface area contributed by atoms with E-state index in [1.54, 1.807) is 0 Å². The number of rotatable bonds is 10. The van der Waals surface area contributed by atoms with Gasteiger partial charge in [0, 0.05) is 12.1 Å². The molecule has 2 atom stereocenters. The van der Waals surface area contributed by atoms with Gasteiger partial charge in [0.1, 0.15) is 0 Å². The molecule has 1 fully saturated rings. The molecule has 0 saturated heterocycles. The third-order valence-electron chi connectivity index (χ3n) is 6.29. The Kier molecular flexibility index (Phi) is 6.76. The molecule has 0 bridgehead atoms. The molecule has 31 heavy (non-hydrogen) atoms. The Hall–Kier alpha value is -2.20. The summed E-state index contributed by atoms with van der Waals surface area (Å²) in [4.78, 5) is 0. The van der Waals surface area contributed by atoms with Gasteiger partial charge in [0.25, 0.3) is 0 Å². The fourth-order valence-corrected chi connectivity index (χ4v) is 4.37. The number of fused-ring (bicyclic) bond motifs is 1. The van der Waals surface area contributed by atoms with Gasteiger partial charge < -0.3 is 15.2 Å². The van der Waals surface area contributed by atoms with Crippen molar-refractivity contribution in [1.29, 1.82) is 0 Å². The summed E-state index contributed by atoms with van der Waals surface area (Å²) < 4.78 is 6.24. The van der Waals surface area contributed by atoms with Crippen molar-refractivity contribution in [2.75, 3.05) is 13.2 Å². The van der Waals surface area contributed by atoms with Crippen molar-refractivity contribution in [3.8, 4) is 0 Å². The minimum atomic E-state index is -0.527. The van der Waals surface area contributed by atoms with Crippen molar-refractivity contribution in [2.24, 2.45) is 5.92 Å². The molecule has 3 aromatic rings. The third kappa shape index (κ3) is 5.94. The largest absolute Gasteiger partial charge is 0.389 e. The second-order valence-corrected chi connectivity index (χ2v) is 9.72. The first-order valence-electron chi connectivity index (χ1n) is 11.5. The number of aryl methyl sites for hydroxylation is 1. The molecule has 164 valence electrons. The highest BCUT2D eigenvalue weighted by Crippen LogP contribution is 2.44. The average Bonchev–Trinajstić information content (AvgIpc) is 3.59. The third-order valence-corrected chi connectivity index (χ3v) is 6.29. The Morgan fingerprint density at radius 2 is 1.71 bits per heavy atom. The topological polar surface area (TPSA) is 41.5 Å². The summed E-state index contributed by atoms with van der Waals surface area (Å²) in [6, 6.07) is 23.6. The van der Waals surface area contributed by atoms with Crippen LogP contribution in [0.4, 0.5) is 0 Å². The van der Waals surface area contributed by atoms with Crippen LogP contribution in [0, 0.1) is 12.8 Å². The van der Waals surface area contributed by atoms with Crippen LogP contribution in [0.25, 0.3) is 10.8 Å². The normalized spacial score (nSPS) is 16.4. The summed E-state index contributed by atoms with van der Waals surface area (Å²) in [6.07, 6.45) is 2.90. The van der Waals surface area contributed by atoms with Crippen LogP contribution in [0.3, 0.4) is 0 Å². The van der Waals surface area contributed by atoms with Crippen LogP contribution in [0.2, 0.25) is 0 Å². The lowest BCUT2D eigenvalue weighted by molar-refractivity contribution is -0.0213. The molecule has 0 spiro atoms.